The molecule has 19 nitrogen and oxygen atoms in total. The van der Waals surface area contributed by atoms with Gasteiger partial charge in [0.05, 0.1) is 45.4 Å². The van der Waals surface area contributed by atoms with Gasteiger partial charge in [0.15, 0.2) is 23.4 Å². The van der Waals surface area contributed by atoms with E-state index in [2.05, 4.69) is 0 Å². The van der Waals surface area contributed by atoms with Crippen molar-refractivity contribution in [3.63, 3.8) is 0 Å². The van der Waals surface area contributed by atoms with Gasteiger partial charge in [0.1, 0.15) is 22.9 Å². The molecule has 4 saturated carbocycles. The average molecular weight is 849 g/mol. The van der Waals surface area contributed by atoms with Crippen LogP contribution in [-0.4, -0.2) is 124 Å². The molecule has 8 rings (SSSR count). The highest BCUT2D eigenvalue weighted by molar-refractivity contribution is 5.83. The average Bonchev–Trinajstić information content (AvgIpc) is 3.49. The third kappa shape index (κ3) is 4.50. The van der Waals surface area contributed by atoms with Crippen LogP contribution in [0.25, 0.3) is 0 Å². The van der Waals surface area contributed by atoms with E-state index in [4.69, 9.17) is 51.8 Å². The molecule has 4 bridgehead atoms. The Kier molecular flexibility index (Phi) is 8.86. The predicted octanol–water partition coefficient (Wildman–Crippen LogP) is 1.86. The SMILES string of the molecule is COC(=O)C[C@H]1[C@]2(C)C[C@]34OC5(C)O[C@@]6([C@H](OC(C)=O)[C@@]3(OC(C)=O)[C@H]2OC(=O)[C@@]2(C)O[C@@H]2C)[C@](O)(CC(=O)OC)[C@](C)([C@@H](OC(C)=O)c2ccoc2)C[C@@H](O)[C@]6(O5)[C@]14C. The molecule has 0 aromatic carbocycles. The highest BCUT2D eigenvalue weighted by atomic mass is 16.9. The van der Waals surface area contributed by atoms with Gasteiger partial charge in [-0.25, -0.2) is 4.79 Å². The van der Waals surface area contributed by atoms with Gasteiger partial charge in [0.2, 0.25) is 5.60 Å². The molecule has 1 aromatic rings. The zero-order valence-corrected chi connectivity index (χ0v) is 35.4. The van der Waals surface area contributed by atoms with Crippen molar-refractivity contribution in [2.75, 3.05) is 14.2 Å². The molecule has 7 fully saturated rings. The second kappa shape index (κ2) is 12.5. The van der Waals surface area contributed by atoms with Crippen LogP contribution in [0.4, 0.5) is 0 Å². The number of hydrogen-bond donors (Lipinski definition) is 2. The standard InChI is InChI=1S/C41H52O19/c1-19-34(7,56-19)31(48)55-29-32(5)18-38-35(8,24(32)14-26(46)50-10)40-25(45)15-33(6,28(53-20(2)42)23-12-13-52-17-23)37(49,16-27(47)51-11)41(40,60-36(9,58-38)59-40)30(54-21(3)43)39(29,38)57-22(4)44/h12-13,17,19,24-25,28-30,45,49H,14-16,18H2,1-11H3/t19-,24+,25-,28+,29+,30-,32+,33+,34+,35-,36?,37+,38-,39+,40+,41+/m1/s1. The molecule has 19 heteroatoms. The van der Waals surface area contributed by atoms with Crippen LogP contribution in [0.5, 0.6) is 0 Å². The van der Waals surface area contributed by atoms with Crippen LogP contribution >= 0.6 is 0 Å². The molecule has 330 valence electrons. The first-order chi connectivity index (χ1) is 27.8. The first-order valence-electron chi connectivity index (χ1n) is 19.9. The van der Waals surface area contributed by atoms with Crippen LogP contribution in [0.15, 0.2) is 23.0 Å². The molecule has 16 atom stereocenters. The van der Waals surface area contributed by atoms with Crippen LogP contribution in [0, 0.1) is 22.2 Å². The molecule has 0 amide bonds. The monoisotopic (exact) mass is 848 g/mol. The number of aliphatic hydroxyl groups excluding tert-OH is 1. The Morgan fingerprint density at radius 2 is 1.50 bits per heavy atom. The van der Waals surface area contributed by atoms with Gasteiger partial charge in [0, 0.05) is 55.9 Å². The molecule has 3 saturated heterocycles. The number of epoxide rings is 1. The normalized spacial score (nSPS) is 49.0. The summed E-state index contributed by atoms with van der Waals surface area (Å²) in [6.45, 7) is 12.5. The zero-order chi connectivity index (χ0) is 44.2. The van der Waals surface area contributed by atoms with Crippen molar-refractivity contribution < 1.29 is 90.8 Å². The van der Waals surface area contributed by atoms with Crippen LogP contribution in [0.3, 0.4) is 0 Å². The minimum atomic E-state index is -2.91. The molecule has 1 unspecified atom stereocenters. The van der Waals surface area contributed by atoms with E-state index in [1.54, 1.807) is 20.8 Å². The molecule has 2 N–H and O–H groups in total. The number of fused-ring (bicyclic) bond motifs is 2. The van der Waals surface area contributed by atoms with Gasteiger partial charge in [-0.2, -0.15) is 0 Å². The molecule has 2 spiro atoms. The molecule has 0 radical (unpaired) electrons. The van der Waals surface area contributed by atoms with Crippen molar-refractivity contribution in [1.82, 2.24) is 0 Å². The summed E-state index contributed by atoms with van der Waals surface area (Å²) in [5.41, 5.74) is -19.5. The van der Waals surface area contributed by atoms with Crippen molar-refractivity contribution >= 4 is 35.8 Å². The third-order valence-corrected chi connectivity index (χ3v) is 15.7. The Morgan fingerprint density at radius 3 is 2.03 bits per heavy atom. The first kappa shape index (κ1) is 42.5. The Balaban J connectivity index is 1.55. The van der Waals surface area contributed by atoms with Gasteiger partial charge in [-0.1, -0.05) is 20.8 Å². The molecule has 4 heterocycles. The summed E-state index contributed by atoms with van der Waals surface area (Å²) in [6.07, 6.45) is -7.57. The zero-order valence-electron chi connectivity index (χ0n) is 35.4. The van der Waals surface area contributed by atoms with E-state index in [9.17, 15) is 39.0 Å². The quantitative estimate of drug-likeness (QED) is 0.183. The molecule has 7 aliphatic rings. The number of carbonyl (C=O) groups is 6. The van der Waals surface area contributed by atoms with Crippen molar-refractivity contribution in [2.24, 2.45) is 22.2 Å². The summed E-state index contributed by atoms with van der Waals surface area (Å²) >= 11 is 0. The van der Waals surface area contributed by atoms with Gasteiger partial charge in [0.25, 0.3) is 5.97 Å². The second-order valence-electron chi connectivity index (χ2n) is 18.5. The van der Waals surface area contributed by atoms with Crippen molar-refractivity contribution in [2.45, 2.75) is 158 Å². The predicted molar refractivity (Wildman–Crippen MR) is 193 cm³/mol. The van der Waals surface area contributed by atoms with E-state index >= 15 is 0 Å². The highest BCUT2D eigenvalue weighted by Gasteiger charge is 3.08. The number of methoxy groups -OCH3 is 2. The number of furan rings is 1. The van der Waals surface area contributed by atoms with Gasteiger partial charge in [-0.05, 0) is 38.7 Å². The summed E-state index contributed by atoms with van der Waals surface area (Å²) < 4.78 is 68.0. The fourth-order valence-corrected chi connectivity index (χ4v) is 13.5. The molecule has 3 aliphatic heterocycles. The fraction of sp³-hybridized carbons (Fsp3) is 0.756. The first-order valence-corrected chi connectivity index (χ1v) is 19.9. The molecule has 60 heavy (non-hydrogen) atoms. The molecular formula is C41H52O19. The number of aliphatic hydroxyl groups is 2. The number of rotatable bonds is 11. The lowest BCUT2D eigenvalue weighted by Gasteiger charge is -2.78. The lowest BCUT2D eigenvalue weighted by atomic mass is 9.32. The molecule has 1 aromatic heterocycles. The van der Waals surface area contributed by atoms with E-state index < -0.39 is 147 Å². The van der Waals surface area contributed by atoms with Crippen molar-refractivity contribution in [3.05, 3.63) is 24.2 Å². The second-order valence-corrected chi connectivity index (χ2v) is 18.5. The Morgan fingerprint density at radius 1 is 0.867 bits per heavy atom. The largest absolute Gasteiger partial charge is 0.472 e. The van der Waals surface area contributed by atoms with E-state index in [1.165, 1.54) is 46.5 Å². The summed E-state index contributed by atoms with van der Waals surface area (Å²) in [7, 11) is 2.25. The van der Waals surface area contributed by atoms with Crippen molar-refractivity contribution in [1.29, 1.82) is 0 Å². The highest BCUT2D eigenvalue weighted by Crippen LogP contribution is 2.90. The minimum Gasteiger partial charge on any atom is -0.472 e. The number of esters is 6. The van der Waals surface area contributed by atoms with Gasteiger partial charge in [-0.15, -0.1) is 0 Å². The third-order valence-electron chi connectivity index (χ3n) is 15.7. The maximum atomic E-state index is 14.4. The van der Waals surface area contributed by atoms with E-state index in [1.807, 2.05) is 0 Å². The fourth-order valence-electron chi connectivity index (χ4n) is 13.5. The summed E-state index contributed by atoms with van der Waals surface area (Å²) in [5, 5.41) is 27.7. The number of hydrogen-bond acceptors (Lipinski definition) is 19. The smallest absolute Gasteiger partial charge is 0.341 e. The van der Waals surface area contributed by atoms with E-state index in [0.717, 1.165) is 27.9 Å². The lowest BCUT2D eigenvalue weighted by Crippen LogP contribution is -2.99. The maximum Gasteiger partial charge on any atom is 0.341 e. The van der Waals surface area contributed by atoms with Gasteiger partial charge >= 0.3 is 35.8 Å². The Bertz CT molecular complexity index is 2070. The number of ether oxygens (including phenoxy) is 10. The Hall–Kier alpha value is -4.14. The van der Waals surface area contributed by atoms with E-state index in [0.29, 0.717) is 0 Å². The topological polar surface area (TPSA) is 252 Å². The molecular weight excluding hydrogens is 796 g/mol. The van der Waals surface area contributed by atoms with Crippen LogP contribution in [0.2, 0.25) is 0 Å². The summed E-state index contributed by atoms with van der Waals surface area (Å²) in [4.78, 5) is 82.9. The van der Waals surface area contributed by atoms with Gasteiger partial charge < -0.3 is 62.0 Å². The van der Waals surface area contributed by atoms with Crippen LogP contribution < -0.4 is 0 Å². The Labute approximate surface area is 344 Å². The summed E-state index contributed by atoms with van der Waals surface area (Å²) in [6, 6.07) is 1.45. The van der Waals surface area contributed by atoms with Crippen molar-refractivity contribution in [3.8, 4) is 0 Å². The van der Waals surface area contributed by atoms with Crippen LogP contribution in [-0.2, 0) is 76.1 Å². The number of carbonyl (C=O) groups excluding carboxylic acids is 6. The van der Waals surface area contributed by atoms with Gasteiger partial charge in [-0.3, -0.25) is 24.0 Å². The maximum absolute atomic E-state index is 14.4. The van der Waals surface area contributed by atoms with E-state index in [-0.39, 0.29) is 12.0 Å². The molecule has 4 aliphatic carbocycles. The van der Waals surface area contributed by atoms with Crippen LogP contribution in [0.1, 0.15) is 99.7 Å². The minimum absolute atomic E-state index is 0.175. The summed E-state index contributed by atoms with van der Waals surface area (Å²) in [5.74, 6) is -9.00. The lowest BCUT2D eigenvalue weighted by molar-refractivity contribution is -0.491.